The predicted molar refractivity (Wildman–Crippen MR) is 71.0 cm³/mol. The van der Waals surface area contributed by atoms with E-state index in [1.807, 2.05) is 13.0 Å². The van der Waals surface area contributed by atoms with E-state index in [4.69, 9.17) is 9.68 Å². The van der Waals surface area contributed by atoms with Gasteiger partial charge in [0.05, 0.1) is 17.7 Å². The number of nitriles is 1. The summed E-state index contributed by atoms with van der Waals surface area (Å²) in [7, 11) is 0. The van der Waals surface area contributed by atoms with Crippen LogP contribution in [-0.2, 0) is 13.0 Å². The quantitative estimate of drug-likeness (QED) is 0.662. The van der Waals surface area contributed by atoms with Gasteiger partial charge in [0.25, 0.3) is 5.69 Å². The molecule has 0 atom stereocenters. The highest BCUT2D eigenvalue weighted by atomic mass is 16.6. The van der Waals surface area contributed by atoms with Gasteiger partial charge in [-0.05, 0) is 12.1 Å². The fraction of sp³-hybridized carbons (Fsp3) is 0.231. The minimum atomic E-state index is -0.579. The van der Waals surface area contributed by atoms with Gasteiger partial charge in [0.2, 0.25) is 5.89 Å². The number of nitro benzene ring substituents is 1. The molecule has 102 valence electrons. The van der Waals surface area contributed by atoms with E-state index in [0.717, 1.165) is 12.2 Å². The maximum absolute atomic E-state index is 10.7. The highest BCUT2D eigenvalue weighted by Crippen LogP contribution is 2.22. The van der Waals surface area contributed by atoms with Crippen molar-refractivity contribution in [3.05, 3.63) is 51.7 Å². The average Bonchev–Trinajstić information content (AvgIpc) is 2.92. The molecule has 1 N–H and O–H groups in total. The number of oxazole rings is 1. The second kappa shape index (κ2) is 5.84. The molecule has 0 saturated heterocycles. The van der Waals surface area contributed by atoms with Crippen LogP contribution in [0.4, 0.5) is 11.4 Å². The van der Waals surface area contributed by atoms with E-state index >= 15 is 0 Å². The summed E-state index contributed by atoms with van der Waals surface area (Å²) in [5.41, 5.74) is 0.410. The zero-order valence-corrected chi connectivity index (χ0v) is 10.8. The molecule has 2 rings (SSSR count). The molecule has 0 unspecified atom stereocenters. The number of nitrogens with zero attached hydrogens (tertiary/aromatic N) is 3. The summed E-state index contributed by atoms with van der Waals surface area (Å²) in [4.78, 5) is 14.2. The number of hydrogen-bond donors (Lipinski definition) is 1. The average molecular weight is 272 g/mol. The minimum Gasteiger partial charge on any atom is -0.444 e. The van der Waals surface area contributed by atoms with Crippen molar-refractivity contribution in [2.45, 2.75) is 19.9 Å². The Bertz CT molecular complexity index is 672. The number of aromatic nitrogens is 1. The van der Waals surface area contributed by atoms with Gasteiger partial charge in [-0.15, -0.1) is 0 Å². The highest BCUT2D eigenvalue weighted by molar-refractivity contribution is 5.58. The minimum absolute atomic E-state index is 0.0154. The molecule has 2 aromatic rings. The number of benzene rings is 1. The Kier molecular flexibility index (Phi) is 3.96. The molecule has 1 heterocycles. The van der Waals surface area contributed by atoms with Crippen molar-refractivity contribution >= 4 is 11.4 Å². The van der Waals surface area contributed by atoms with Gasteiger partial charge in [-0.1, -0.05) is 6.92 Å². The Morgan fingerprint density at radius 1 is 1.55 bits per heavy atom. The van der Waals surface area contributed by atoms with Crippen molar-refractivity contribution in [2.24, 2.45) is 0 Å². The van der Waals surface area contributed by atoms with Crippen LogP contribution >= 0.6 is 0 Å². The largest absolute Gasteiger partial charge is 0.444 e. The second-order valence-electron chi connectivity index (χ2n) is 4.03. The molecule has 0 aliphatic carbocycles. The van der Waals surface area contributed by atoms with Crippen LogP contribution in [0.2, 0.25) is 0 Å². The predicted octanol–water partition coefficient (Wildman–Crippen LogP) is 2.63. The molecule has 0 radical (unpaired) electrons. The lowest BCUT2D eigenvalue weighted by atomic mass is 10.2. The van der Waals surface area contributed by atoms with E-state index in [1.54, 1.807) is 12.3 Å². The molecule has 1 aromatic heterocycles. The Morgan fingerprint density at radius 3 is 2.95 bits per heavy atom. The number of nitrogens with one attached hydrogen (secondary N) is 1. The molecule has 0 aliphatic heterocycles. The van der Waals surface area contributed by atoms with Crippen molar-refractivity contribution in [1.29, 1.82) is 5.26 Å². The molecule has 0 bridgehead atoms. The van der Waals surface area contributed by atoms with Crippen LogP contribution in [-0.4, -0.2) is 9.91 Å². The van der Waals surface area contributed by atoms with Gasteiger partial charge in [0.1, 0.15) is 17.4 Å². The van der Waals surface area contributed by atoms with Crippen LogP contribution in [0.3, 0.4) is 0 Å². The van der Waals surface area contributed by atoms with E-state index in [1.165, 1.54) is 12.1 Å². The fourth-order valence-electron chi connectivity index (χ4n) is 1.67. The van der Waals surface area contributed by atoms with Gasteiger partial charge in [-0.25, -0.2) is 4.98 Å². The fourth-order valence-corrected chi connectivity index (χ4v) is 1.67. The van der Waals surface area contributed by atoms with Crippen molar-refractivity contribution < 1.29 is 9.34 Å². The molecule has 0 amide bonds. The van der Waals surface area contributed by atoms with E-state index in [9.17, 15) is 10.1 Å². The molecule has 7 nitrogen and oxygen atoms in total. The molecule has 0 fully saturated rings. The van der Waals surface area contributed by atoms with Crippen LogP contribution in [0, 0.1) is 21.4 Å². The first kappa shape index (κ1) is 13.5. The third kappa shape index (κ3) is 2.92. The molecular weight excluding hydrogens is 260 g/mol. The van der Waals surface area contributed by atoms with Crippen molar-refractivity contribution in [3.8, 4) is 6.07 Å². The molecule has 20 heavy (non-hydrogen) atoms. The molecule has 0 spiro atoms. The monoisotopic (exact) mass is 272 g/mol. The first-order valence-electron chi connectivity index (χ1n) is 6.00. The van der Waals surface area contributed by atoms with E-state index in [-0.39, 0.29) is 11.3 Å². The maximum atomic E-state index is 10.7. The van der Waals surface area contributed by atoms with Gasteiger partial charge in [-0.3, -0.25) is 10.1 Å². The highest BCUT2D eigenvalue weighted by Gasteiger charge is 2.13. The van der Waals surface area contributed by atoms with Crippen LogP contribution in [0.1, 0.15) is 24.1 Å². The van der Waals surface area contributed by atoms with Gasteiger partial charge in [0, 0.05) is 18.2 Å². The molecule has 7 heteroatoms. The third-order valence-electron chi connectivity index (χ3n) is 2.71. The van der Waals surface area contributed by atoms with Crippen molar-refractivity contribution in [2.75, 3.05) is 5.32 Å². The second-order valence-corrected chi connectivity index (χ2v) is 4.03. The summed E-state index contributed by atoms with van der Waals surface area (Å²) in [6.45, 7) is 2.32. The lowest BCUT2D eigenvalue weighted by Gasteiger charge is -2.04. The van der Waals surface area contributed by atoms with Crippen molar-refractivity contribution in [1.82, 2.24) is 4.98 Å². The SMILES string of the molecule is CCc1cnc(CNc2ccc([N+](=O)[O-])c(C#N)c2)o1. The number of hydrogen-bond acceptors (Lipinski definition) is 6. The summed E-state index contributed by atoms with van der Waals surface area (Å²) in [6, 6.07) is 6.08. The number of nitro groups is 1. The van der Waals surface area contributed by atoms with Gasteiger partial charge < -0.3 is 9.73 Å². The van der Waals surface area contributed by atoms with Gasteiger partial charge in [0.15, 0.2) is 0 Å². The van der Waals surface area contributed by atoms with Crippen LogP contribution < -0.4 is 5.32 Å². The number of anilines is 1. The lowest BCUT2D eigenvalue weighted by molar-refractivity contribution is -0.385. The topological polar surface area (TPSA) is 105 Å². The van der Waals surface area contributed by atoms with Crippen LogP contribution in [0.5, 0.6) is 0 Å². The van der Waals surface area contributed by atoms with E-state index in [0.29, 0.717) is 18.1 Å². The number of rotatable bonds is 5. The number of aryl methyl sites for hydroxylation is 1. The summed E-state index contributed by atoms with van der Waals surface area (Å²) < 4.78 is 5.43. The summed E-state index contributed by atoms with van der Waals surface area (Å²) in [6.07, 6.45) is 2.43. The Balaban J connectivity index is 2.10. The van der Waals surface area contributed by atoms with Crippen LogP contribution in [0.15, 0.2) is 28.8 Å². The summed E-state index contributed by atoms with van der Waals surface area (Å²) in [5.74, 6) is 1.32. The summed E-state index contributed by atoms with van der Waals surface area (Å²) >= 11 is 0. The normalized spacial score (nSPS) is 10.0. The first-order chi connectivity index (χ1) is 9.63. The first-order valence-corrected chi connectivity index (χ1v) is 6.00. The van der Waals surface area contributed by atoms with Gasteiger partial charge >= 0.3 is 0 Å². The zero-order chi connectivity index (χ0) is 14.5. The Hall–Kier alpha value is -2.88. The third-order valence-corrected chi connectivity index (χ3v) is 2.71. The van der Waals surface area contributed by atoms with E-state index in [2.05, 4.69) is 10.3 Å². The Morgan fingerprint density at radius 2 is 2.35 bits per heavy atom. The summed E-state index contributed by atoms with van der Waals surface area (Å²) in [5, 5.41) is 22.6. The molecule has 0 aliphatic rings. The van der Waals surface area contributed by atoms with Crippen molar-refractivity contribution in [3.63, 3.8) is 0 Å². The molecule has 0 saturated carbocycles. The smallest absolute Gasteiger partial charge is 0.287 e. The standard InChI is InChI=1S/C13H12N4O3/c1-2-11-7-16-13(20-11)8-15-10-3-4-12(17(18)19)9(5-10)6-14/h3-5,7,15H,2,8H2,1H3. The van der Waals surface area contributed by atoms with Crippen LogP contribution in [0.25, 0.3) is 0 Å². The lowest BCUT2D eigenvalue weighted by Crippen LogP contribution is -2.01. The van der Waals surface area contributed by atoms with Gasteiger partial charge in [-0.2, -0.15) is 5.26 Å². The maximum Gasteiger partial charge on any atom is 0.287 e. The molecular formula is C13H12N4O3. The molecule has 1 aromatic carbocycles. The van der Waals surface area contributed by atoms with E-state index < -0.39 is 4.92 Å². The Labute approximate surface area is 115 Å². The zero-order valence-electron chi connectivity index (χ0n) is 10.8.